The molecule has 0 radical (unpaired) electrons. The Balaban J connectivity index is 2.11. The Hall–Kier alpha value is -1.82. The van der Waals surface area contributed by atoms with E-state index in [0.717, 1.165) is 34.4 Å². The van der Waals surface area contributed by atoms with Gasteiger partial charge in [0.2, 0.25) is 5.13 Å². The second-order valence-corrected chi connectivity index (χ2v) is 5.52. The molecule has 0 aliphatic carbocycles. The molecule has 0 saturated heterocycles. The van der Waals surface area contributed by atoms with Gasteiger partial charge < -0.3 is 14.8 Å². The van der Waals surface area contributed by atoms with Crippen LogP contribution in [0.2, 0.25) is 0 Å². The van der Waals surface area contributed by atoms with Crippen LogP contribution in [0.1, 0.15) is 37.7 Å². The largest absolute Gasteiger partial charge is 0.493 e. The number of benzene rings is 1. The number of nitrogens with one attached hydrogen (secondary N) is 1. The summed E-state index contributed by atoms with van der Waals surface area (Å²) in [4.78, 5) is 4.32. The van der Waals surface area contributed by atoms with Gasteiger partial charge in [-0.2, -0.15) is 4.37 Å². The van der Waals surface area contributed by atoms with Crippen LogP contribution >= 0.6 is 11.5 Å². The third kappa shape index (κ3) is 4.07. The summed E-state index contributed by atoms with van der Waals surface area (Å²) in [6.45, 7) is 6.73. The van der Waals surface area contributed by atoms with Crippen molar-refractivity contribution < 1.29 is 9.47 Å². The van der Waals surface area contributed by atoms with Crippen LogP contribution < -0.4 is 14.8 Å². The summed E-state index contributed by atoms with van der Waals surface area (Å²) < 4.78 is 15.2. The molecule has 1 atom stereocenters. The van der Waals surface area contributed by atoms with Crippen molar-refractivity contribution in [3.8, 4) is 11.5 Å². The van der Waals surface area contributed by atoms with Crippen molar-refractivity contribution in [1.82, 2.24) is 9.36 Å². The lowest BCUT2D eigenvalue weighted by Crippen LogP contribution is -2.07. The first-order chi connectivity index (χ1) is 10.1. The third-order valence-electron chi connectivity index (χ3n) is 3.02. The summed E-state index contributed by atoms with van der Waals surface area (Å²) in [6, 6.07) is 6.11. The van der Waals surface area contributed by atoms with Gasteiger partial charge in [-0.1, -0.05) is 13.0 Å². The molecule has 1 heterocycles. The van der Waals surface area contributed by atoms with Gasteiger partial charge in [0.25, 0.3) is 0 Å². The molecular formula is C15H21N3O2S. The Kier molecular flexibility index (Phi) is 5.38. The molecular weight excluding hydrogens is 286 g/mol. The van der Waals surface area contributed by atoms with Crippen molar-refractivity contribution in [2.75, 3.05) is 19.0 Å². The van der Waals surface area contributed by atoms with Crippen molar-refractivity contribution in [2.45, 2.75) is 33.2 Å². The quantitative estimate of drug-likeness (QED) is 0.842. The number of aromatic nitrogens is 2. The second kappa shape index (κ2) is 7.26. The summed E-state index contributed by atoms with van der Waals surface area (Å²) in [6.07, 6.45) is 0.971. The second-order valence-electron chi connectivity index (χ2n) is 4.77. The van der Waals surface area contributed by atoms with Crippen molar-refractivity contribution in [1.29, 1.82) is 0 Å². The molecule has 1 N–H and O–H groups in total. The maximum Gasteiger partial charge on any atom is 0.203 e. The molecule has 21 heavy (non-hydrogen) atoms. The molecule has 1 aromatic carbocycles. The number of aryl methyl sites for hydroxylation is 1. The average molecular weight is 307 g/mol. The molecule has 0 aliphatic heterocycles. The monoisotopic (exact) mass is 307 g/mol. The molecule has 1 aromatic heterocycles. The Bertz CT molecular complexity index is 586. The summed E-state index contributed by atoms with van der Waals surface area (Å²) >= 11 is 1.37. The molecule has 0 fully saturated rings. The van der Waals surface area contributed by atoms with E-state index in [0.29, 0.717) is 6.61 Å². The van der Waals surface area contributed by atoms with E-state index in [-0.39, 0.29) is 6.04 Å². The third-order valence-corrected chi connectivity index (χ3v) is 3.75. The molecule has 114 valence electrons. The highest BCUT2D eigenvalue weighted by Crippen LogP contribution is 2.31. The molecule has 0 amide bonds. The van der Waals surface area contributed by atoms with Crippen molar-refractivity contribution in [2.24, 2.45) is 0 Å². The smallest absolute Gasteiger partial charge is 0.203 e. The first kappa shape index (κ1) is 15.6. The average Bonchev–Trinajstić information content (AvgIpc) is 2.90. The minimum absolute atomic E-state index is 0.117. The van der Waals surface area contributed by atoms with E-state index in [9.17, 15) is 0 Å². The van der Waals surface area contributed by atoms with Crippen LogP contribution in [0.15, 0.2) is 18.2 Å². The van der Waals surface area contributed by atoms with Gasteiger partial charge in [0.15, 0.2) is 11.5 Å². The van der Waals surface area contributed by atoms with Crippen LogP contribution in [0.4, 0.5) is 5.13 Å². The maximum absolute atomic E-state index is 5.67. The molecule has 2 aromatic rings. The first-order valence-corrected chi connectivity index (χ1v) is 7.79. The zero-order valence-electron chi connectivity index (χ0n) is 12.8. The summed E-state index contributed by atoms with van der Waals surface area (Å²) in [5.74, 6) is 2.32. The van der Waals surface area contributed by atoms with E-state index in [4.69, 9.17) is 9.47 Å². The topological polar surface area (TPSA) is 56.3 Å². The molecule has 1 unspecified atom stereocenters. The van der Waals surface area contributed by atoms with Gasteiger partial charge in [-0.25, -0.2) is 4.98 Å². The van der Waals surface area contributed by atoms with Crippen LogP contribution in [0, 0.1) is 6.92 Å². The maximum atomic E-state index is 5.67. The zero-order chi connectivity index (χ0) is 15.2. The fourth-order valence-corrected chi connectivity index (χ4v) is 2.57. The van der Waals surface area contributed by atoms with E-state index < -0.39 is 0 Å². The van der Waals surface area contributed by atoms with Gasteiger partial charge in [0.1, 0.15) is 5.82 Å². The fraction of sp³-hybridized carbons (Fsp3) is 0.467. The minimum Gasteiger partial charge on any atom is -0.493 e. The van der Waals surface area contributed by atoms with Gasteiger partial charge in [0.05, 0.1) is 19.8 Å². The lowest BCUT2D eigenvalue weighted by Gasteiger charge is -2.16. The molecule has 2 rings (SSSR count). The Morgan fingerprint density at radius 1 is 1.33 bits per heavy atom. The number of hydrogen-bond acceptors (Lipinski definition) is 6. The van der Waals surface area contributed by atoms with Gasteiger partial charge >= 0.3 is 0 Å². The Labute approximate surface area is 129 Å². The summed E-state index contributed by atoms with van der Waals surface area (Å²) in [5, 5.41) is 4.17. The summed E-state index contributed by atoms with van der Waals surface area (Å²) in [5.41, 5.74) is 1.11. The zero-order valence-corrected chi connectivity index (χ0v) is 13.7. The normalized spacial score (nSPS) is 12.0. The van der Waals surface area contributed by atoms with E-state index in [2.05, 4.69) is 28.5 Å². The SMILES string of the molecule is CCCOc1ccc(C(C)Nc2nc(C)ns2)cc1OC. The van der Waals surface area contributed by atoms with Gasteiger partial charge in [-0.05, 0) is 38.0 Å². The molecule has 0 bridgehead atoms. The fourth-order valence-electron chi connectivity index (χ4n) is 1.91. The molecule has 0 saturated carbocycles. The van der Waals surface area contributed by atoms with Crippen molar-refractivity contribution in [3.05, 3.63) is 29.6 Å². The van der Waals surface area contributed by atoms with Crippen LogP contribution in [0.5, 0.6) is 11.5 Å². The summed E-state index contributed by atoms with van der Waals surface area (Å²) in [7, 11) is 1.66. The highest BCUT2D eigenvalue weighted by Gasteiger charge is 2.12. The number of anilines is 1. The van der Waals surface area contributed by atoms with Gasteiger partial charge in [0, 0.05) is 11.5 Å². The van der Waals surface area contributed by atoms with Gasteiger partial charge in [-0.3, -0.25) is 0 Å². The van der Waals surface area contributed by atoms with E-state index in [1.54, 1.807) is 7.11 Å². The highest BCUT2D eigenvalue weighted by molar-refractivity contribution is 7.09. The highest BCUT2D eigenvalue weighted by atomic mass is 32.1. The van der Waals surface area contributed by atoms with E-state index in [1.807, 2.05) is 25.1 Å². The van der Waals surface area contributed by atoms with Crippen LogP contribution in [-0.2, 0) is 0 Å². The van der Waals surface area contributed by atoms with Crippen molar-refractivity contribution >= 4 is 16.7 Å². The van der Waals surface area contributed by atoms with Crippen LogP contribution in [0.3, 0.4) is 0 Å². The van der Waals surface area contributed by atoms with Crippen LogP contribution in [0.25, 0.3) is 0 Å². The first-order valence-electron chi connectivity index (χ1n) is 7.01. The molecule has 0 spiro atoms. The standard InChI is InChI=1S/C15H21N3O2S/c1-5-8-20-13-7-6-12(9-14(13)19-4)10(2)16-15-17-11(3)18-21-15/h6-7,9-10H,5,8H2,1-4H3,(H,16,17,18). The van der Waals surface area contributed by atoms with Crippen LogP contribution in [-0.4, -0.2) is 23.1 Å². The number of nitrogens with zero attached hydrogens (tertiary/aromatic N) is 2. The van der Waals surface area contributed by atoms with Gasteiger partial charge in [-0.15, -0.1) is 0 Å². The lowest BCUT2D eigenvalue weighted by molar-refractivity contribution is 0.294. The van der Waals surface area contributed by atoms with E-state index in [1.165, 1.54) is 11.5 Å². The predicted molar refractivity (Wildman–Crippen MR) is 85.5 cm³/mol. The minimum atomic E-state index is 0.117. The predicted octanol–water partition coefficient (Wildman–Crippen LogP) is 3.82. The Morgan fingerprint density at radius 3 is 2.76 bits per heavy atom. The number of rotatable bonds is 7. The lowest BCUT2D eigenvalue weighted by atomic mass is 10.1. The van der Waals surface area contributed by atoms with Crippen molar-refractivity contribution in [3.63, 3.8) is 0 Å². The molecule has 0 aliphatic rings. The molecule has 6 heteroatoms. The number of hydrogen-bond donors (Lipinski definition) is 1. The number of ether oxygens (including phenoxy) is 2. The molecule has 5 nitrogen and oxygen atoms in total. The Morgan fingerprint density at radius 2 is 2.14 bits per heavy atom. The number of methoxy groups -OCH3 is 1. The van der Waals surface area contributed by atoms with E-state index >= 15 is 0 Å².